The monoisotopic (exact) mass is 344 g/mol. The van der Waals surface area contributed by atoms with E-state index in [2.05, 4.69) is 25.1 Å². The van der Waals surface area contributed by atoms with E-state index >= 15 is 0 Å². The number of hydrogen-bond donors (Lipinski definition) is 0. The summed E-state index contributed by atoms with van der Waals surface area (Å²) in [5.41, 5.74) is 2.56. The molecule has 0 N–H and O–H groups in total. The van der Waals surface area contributed by atoms with Gasteiger partial charge in [0.1, 0.15) is 19.0 Å². The van der Waals surface area contributed by atoms with Crippen molar-refractivity contribution in [1.82, 2.24) is 0 Å². The Hall–Kier alpha value is -1.31. The Labute approximate surface area is 152 Å². The van der Waals surface area contributed by atoms with Gasteiger partial charge >= 0.3 is 0 Å². The van der Waals surface area contributed by atoms with Crippen LogP contribution in [0.1, 0.15) is 70.3 Å². The minimum absolute atomic E-state index is 0.147. The number of ether oxygens (including phenoxy) is 1. The third kappa shape index (κ3) is 4.86. The summed E-state index contributed by atoms with van der Waals surface area (Å²) < 4.78 is 18.0. The van der Waals surface area contributed by atoms with Gasteiger partial charge in [-0.05, 0) is 61.5 Å². The van der Waals surface area contributed by atoms with Crippen molar-refractivity contribution in [3.05, 3.63) is 35.9 Å². The molecular weight excluding hydrogens is 311 g/mol. The second-order valence-corrected chi connectivity index (χ2v) is 7.87. The Kier molecular flexibility index (Phi) is 6.95. The van der Waals surface area contributed by atoms with Gasteiger partial charge in [-0.2, -0.15) is 0 Å². The van der Waals surface area contributed by atoms with Gasteiger partial charge in [0.05, 0.1) is 0 Å². The fourth-order valence-electron chi connectivity index (χ4n) is 4.89. The van der Waals surface area contributed by atoms with Crippen molar-refractivity contribution in [3.63, 3.8) is 0 Å². The molecule has 0 aromatic heterocycles. The van der Waals surface area contributed by atoms with Crippen LogP contribution < -0.4 is 4.74 Å². The van der Waals surface area contributed by atoms with Crippen LogP contribution in [0.2, 0.25) is 0 Å². The third-order valence-electron chi connectivity index (χ3n) is 6.27. The molecule has 0 spiro atoms. The molecule has 0 bridgehead atoms. The fourth-order valence-corrected chi connectivity index (χ4v) is 4.89. The lowest BCUT2D eigenvalue weighted by Crippen LogP contribution is -2.23. The van der Waals surface area contributed by atoms with Gasteiger partial charge in [0.25, 0.3) is 0 Å². The van der Waals surface area contributed by atoms with Gasteiger partial charge in [0.2, 0.25) is 0 Å². The molecule has 1 atom stereocenters. The second-order valence-electron chi connectivity index (χ2n) is 7.87. The maximum atomic E-state index is 12.4. The van der Waals surface area contributed by atoms with E-state index in [-0.39, 0.29) is 6.61 Å². The van der Waals surface area contributed by atoms with E-state index in [9.17, 15) is 4.39 Å². The van der Waals surface area contributed by atoms with Crippen LogP contribution in [-0.4, -0.2) is 13.3 Å². The van der Waals surface area contributed by atoms with E-state index in [1.165, 1.54) is 62.5 Å². The minimum Gasteiger partial charge on any atom is -0.490 e. The van der Waals surface area contributed by atoms with Crippen LogP contribution in [0.4, 0.5) is 4.39 Å². The van der Waals surface area contributed by atoms with Gasteiger partial charge in [-0.15, -0.1) is 0 Å². The average Bonchev–Trinajstić information content (AvgIpc) is 2.68. The molecule has 1 unspecified atom stereocenters. The van der Waals surface area contributed by atoms with Crippen molar-refractivity contribution in [1.29, 1.82) is 0 Å². The highest BCUT2D eigenvalue weighted by Crippen LogP contribution is 2.43. The van der Waals surface area contributed by atoms with Gasteiger partial charge in [-0.25, -0.2) is 4.39 Å². The summed E-state index contributed by atoms with van der Waals surface area (Å²) in [5.74, 6) is 3.63. The number of hydrogen-bond acceptors (Lipinski definition) is 1. The molecule has 3 rings (SSSR count). The Morgan fingerprint density at radius 1 is 1.04 bits per heavy atom. The lowest BCUT2D eigenvalue weighted by atomic mass is 9.70. The summed E-state index contributed by atoms with van der Waals surface area (Å²) in [6, 6.07) is 8.11. The lowest BCUT2D eigenvalue weighted by Gasteiger charge is -2.35. The predicted octanol–water partition coefficient (Wildman–Crippen LogP) is 6.82. The topological polar surface area (TPSA) is 9.23 Å². The molecule has 1 aromatic carbocycles. The number of allylic oxidation sites excluding steroid dienone is 2. The molecule has 25 heavy (non-hydrogen) atoms. The standard InChI is InChI=1S/C23H33FO/c1-2-5-18-8-10-19(11-9-18)20-12-14-21(15-13-20)22-6-3-4-7-23(22)25-17-16-24/h3-4,6-7,14,18-20H,2,5,8-13,15-17H2,1H3. The van der Waals surface area contributed by atoms with Crippen molar-refractivity contribution in [3.8, 4) is 5.75 Å². The summed E-state index contributed by atoms with van der Waals surface area (Å²) in [4.78, 5) is 0. The van der Waals surface area contributed by atoms with Crippen LogP contribution in [0.3, 0.4) is 0 Å². The van der Waals surface area contributed by atoms with E-state index in [1.54, 1.807) is 0 Å². The molecule has 0 aliphatic heterocycles. The molecule has 1 aromatic rings. The maximum absolute atomic E-state index is 12.4. The molecule has 2 aliphatic carbocycles. The zero-order valence-corrected chi connectivity index (χ0v) is 15.7. The normalized spacial score (nSPS) is 27.0. The third-order valence-corrected chi connectivity index (χ3v) is 6.27. The highest BCUT2D eigenvalue weighted by molar-refractivity contribution is 5.71. The number of halogens is 1. The molecule has 138 valence electrons. The van der Waals surface area contributed by atoms with E-state index in [0.717, 1.165) is 29.9 Å². The molecule has 1 nitrogen and oxygen atoms in total. The second kappa shape index (κ2) is 9.40. The smallest absolute Gasteiger partial charge is 0.126 e. The van der Waals surface area contributed by atoms with Gasteiger partial charge in [0.15, 0.2) is 0 Å². The first-order valence-electron chi connectivity index (χ1n) is 10.3. The highest BCUT2D eigenvalue weighted by atomic mass is 19.1. The zero-order chi connectivity index (χ0) is 17.5. The molecular formula is C23H33FO. The van der Waals surface area contributed by atoms with Crippen molar-refractivity contribution >= 4 is 5.57 Å². The van der Waals surface area contributed by atoms with E-state index < -0.39 is 6.67 Å². The van der Waals surface area contributed by atoms with Crippen molar-refractivity contribution < 1.29 is 9.13 Å². The van der Waals surface area contributed by atoms with Crippen LogP contribution in [0.5, 0.6) is 5.75 Å². The summed E-state index contributed by atoms with van der Waals surface area (Å²) in [6.07, 6.45) is 14.6. The molecule has 0 amide bonds. The van der Waals surface area contributed by atoms with Crippen molar-refractivity contribution in [2.45, 2.75) is 64.7 Å². The molecule has 0 heterocycles. The summed E-state index contributed by atoms with van der Waals surface area (Å²) in [6.45, 7) is 2.03. The first kappa shape index (κ1) is 18.5. The van der Waals surface area contributed by atoms with E-state index in [1.807, 2.05) is 12.1 Å². The zero-order valence-electron chi connectivity index (χ0n) is 15.7. The molecule has 0 radical (unpaired) electrons. The Balaban J connectivity index is 1.58. The Bertz CT molecular complexity index is 557. The van der Waals surface area contributed by atoms with Crippen LogP contribution in [0, 0.1) is 17.8 Å². The molecule has 1 fully saturated rings. The lowest BCUT2D eigenvalue weighted by molar-refractivity contribution is 0.189. The number of benzene rings is 1. The van der Waals surface area contributed by atoms with E-state index in [0.29, 0.717) is 0 Å². The summed E-state index contributed by atoms with van der Waals surface area (Å²) in [7, 11) is 0. The van der Waals surface area contributed by atoms with Gasteiger partial charge < -0.3 is 4.74 Å². The predicted molar refractivity (Wildman–Crippen MR) is 104 cm³/mol. The van der Waals surface area contributed by atoms with Crippen LogP contribution in [0.15, 0.2) is 30.3 Å². The Morgan fingerprint density at radius 2 is 1.84 bits per heavy atom. The first-order valence-corrected chi connectivity index (χ1v) is 10.3. The van der Waals surface area contributed by atoms with Gasteiger partial charge in [-0.3, -0.25) is 0 Å². The quantitative estimate of drug-likeness (QED) is 0.527. The van der Waals surface area contributed by atoms with Crippen LogP contribution >= 0.6 is 0 Å². The molecule has 1 saturated carbocycles. The first-order chi connectivity index (χ1) is 12.3. The van der Waals surface area contributed by atoms with Crippen molar-refractivity contribution in [2.24, 2.45) is 17.8 Å². The molecule has 2 aliphatic rings. The summed E-state index contributed by atoms with van der Waals surface area (Å²) >= 11 is 0. The average molecular weight is 345 g/mol. The molecule has 2 heteroatoms. The SMILES string of the molecule is CCCC1CCC(C2CC=C(c3ccccc3OCCF)CC2)CC1. The van der Waals surface area contributed by atoms with Crippen LogP contribution in [-0.2, 0) is 0 Å². The number of rotatable bonds is 7. The molecule has 0 saturated heterocycles. The largest absolute Gasteiger partial charge is 0.490 e. The summed E-state index contributed by atoms with van der Waals surface area (Å²) in [5, 5.41) is 0. The number of alkyl halides is 1. The van der Waals surface area contributed by atoms with Crippen molar-refractivity contribution in [2.75, 3.05) is 13.3 Å². The van der Waals surface area contributed by atoms with Gasteiger partial charge in [0, 0.05) is 5.56 Å². The van der Waals surface area contributed by atoms with E-state index in [4.69, 9.17) is 4.74 Å². The maximum Gasteiger partial charge on any atom is 0.126 e. The van der Waals surface area contributed by atoms with Gasteiger partial charge in [-0.1, -0.05) is 56.9 Å². The minimum atomic E-state index is -0.434. The van der Waals surface area contributed by atoms with Crippen LogP contribution in [0.25, 0.3) is 5.57 Å². The Morgan fingerprint density at radius 3 is 2.52 bits per heavy atom. The highest BCUT2D eigenvalue weighted by Gasteiger charge is 2.28. The fraction of sp³-hybridized carbons (Fsp3) is 0.652. The number of para-hydroxylation sites is 1.